The number of rotatable bonds is 5. The summed E-state index contributed by atoms with van der Waals surface area (Å²) in [6.07, 6.45) is 4.20. The minimum Gasteiger partial charge on any atom is -0.329 e. The third kappa shape index (κ3) is 3.18. The van der Waals surface area contributed by atoms with Gasteiger partial charge in [0.25, 0.3) is 0 Å². The van der Waals surface area contributed by atoms with Crippen molar-refractivity contribution in [3.8, 4) is 0 Å². The zero-order chi connectivity index (χ0) is 14.0. The number of hydrogen-bond donors (Lipinski definition) is 1. The van der Waals surface area contributed by atoms with E-state index in [1.807, 2.05) is 0 Å². The summed E-state index contributed by atoms with van der Waals surface area (Å²) in [7, 11) is 2.23. The fourth-order valence-corrected chi connectivity index (χ4v) is 3.44. The van der Waals surface area contributed by atoms with Crippen molar-refractivity contribution in [3.05, 3.63) is 34.4 Å². The van der Waals surface area contributed by atoms with Gasteiger partial charge in [-0.15, -0.1) is 0 Å². The van der Waals surface area contributed by atoms with Gasteiger partial charge in [0, 0.05) is 19.1 Å². The van der Waals surface area contributed by atoms with Gasteiger partial charge >= 0.3 is 0 Å². The van der Waals surface area contributed by atoms with E-state index in [1.54, 1.807) is 0 Å². The Morgan fingerprint density at radius 3 is 2.21 bits per heavy atom. The lowest BCUT2D eigenvalue weighted by molar-refractivity contribution is 0.164. The standard InChI is InChI=1S/C17H28N2/c1-12-8-13(2)17(14(3)9-12)16(10-18)19(4)11-15-6-5-7-15/h8-9,15-16H,5-7,10-11,18H2,1-4H3. The average molecular weight is 260 g/mol. The maximum atomic E-state index is 6.08. The molecule has 1 unspecified atom stereocenters. The van der Waals surface area contributed by atoms with Gasteiger partial charge in [-0.2, -0.15) is 0 Å². The van der Waals surface area contributed by atoms with Crippen LogP contribution in [0.15, 0.2) is 12.1 Å². The SMILES string of the molecule is Cc1cc(C)c(C(CN)N(C)CC2CCC2)c(C)c1. The normalized spacial score (nSPS) is 17.6. The molecular formula is C17H28N2. The first-order valence-electron chi connectivity index (χ1n) is 7.51. The van der Waals surface area contributed by atoms with Crippen molar-refractivity contribution >= 4 is 0 Å². The minimum absolute atomic E-state index is 0.362. The Morgan fingerprint density at radius 1 is 1.21 bits per heavy atom. The van der Waals surface area contributed by atoms with E-state index in [2.05, 4.69) is 44.9 Å². The molecule has 1 aliphatic rings. The van der Waals surface area contributed by atoms with Crippen molar-refractivity contribution in [1.29, 1.82) is 0 Å². The summed E-state index contributed by atoms with van der Waals surface area (Å²) in [6.45, 7) is 8.49. The number of benzene rings is 1. The van der Waals surface area contributed by atoms with Crippen molar-refractivity contribution in [1.82, 2.24) is 4.90 Å². The van der Waals surface area contributed by atoms with Gasteiger partial charge in [0.1, 0.15) is 0 Å². The molecule has 1 fully saturated rings. The summed E-state index contributed by atoms with van der Waals surface area (Å²) < 4.78 is 0. The summed E-state index contributed by atoms with van der Waals surface area (Å²) in [6, 6.07) is 4.92. The van der Waals surface area contributed by atoms with Gasteiger partial charge in [-0.25, -0.2) is 0 Å². The van der Waals surface area contributed by atoms with Crippen molar-refractivity contribution in [3.63, 3.8) is 0 Å². The number of hydrogen-bond acceptors (Lipinski definition) is 2. The molecule has 2 heteroatoms. The minimum atomic E-state index is 0.362. The molecule has 0 aliphatic heterocycles. The topological polar surface area (TPSA) is 29.3 Å². The summed E-state index contributed by atoms with van der Waals surface area (Å²) >= 11 is 0. The number of likely N-dealkylation sites (N-methyl/N-ethyl adjacent to an activating group) is 1. The summed E-state index contributed by atoms with van der Waals surface area (Å²) in [5.74, 6) is 0.894. The lowest BCUT2D eigenvalue weighted by atomic mass is 9.84. The van der Waals surface area contributed by atoms with Crippen LogP contribution in [0.2, 0.25) is 0 Å². The molecule has 0 aromatic heterocycles. The van der Waals surface area contributed by atoms with Crippen LogP contribution in [0.1, 0.15) is 47.6 Å². The molecule has 2 N–H and O–H groups in total. The van der Waals surface area contributed by atoms with Crippen molar-refractivity contribution < 1.29 is 0 Å². The molecule has 0 heterocycles. The van der Waals surface area contributed by atoms with Crippen LogP contribution in [0.25, 0.3) is 0 Å². The molecule has 0 saturated heterocycles. The molecule has 2 nitrogen and oxygen atoms in total. The third-order valence-electron chi connectivity index (χ3n) is 4.60. The maximum Gasteiger partial charge on any atom is 0.0472 e. The van der Waals surface area contributed by atoms with E-state index in [4.69, 9.17) is 5.73 Å². The van der Waals surface area contributed by atoms with E-state index < -0.39 is 0 Å². The van der Waals surface area contributed by atoms with E-state index in [-0.39, 0.29) is 0 Å². The lowest BCUT2D eigenvalue weighted by Crippen LogP contribution is -2.36. The molecule has 2 rings (SSSR count). The maximum absolute atomic E-state index is 6.08. The molecule has 1 aromatic rings. The Labute approximate surface area is 118 Å². The van der Waals surface area contributed by atoms with Crippen LogP contribution in [0.4, 0.5) is 0 Å². The quantitative estimate of drug-likeness (QED) is 0.879. The van der Waals surface area contributed by atoms with Gasteiger partial charge in [0.05, 0.1) is 0 Å². The molecule has 0 bridgehead atoms. The van der Waals surface area contributed by atoms with E-state index >= 15 is 0 Å². The zero-order valence-corrected chi connectivity index (χ0v) is 12.9. The first kappa shape index (κ1) is 14.5. The fourth-order valence-electron chi connectivity index (χ4n) is 3.44. The van der Waals surface area contributed by atoms with Crippen LogP contribution < -0.4 is 5.73 Å². The lowest BCUT2D eigenvalue weighted by Gasteiger charge is -2.36. The highest BCUT2D eigenvalue weighted by Crippen LogP contribution is 2.31. The summed E-state index contributed by atoms with van der Waals surface area (Å²) in [5, 5.41) is 0. The Hall–Kier alpha value is -0.860. The first-order chi connectivity index (χ1) is 9.02. The average Bonchev–Trinajstić information content (AvgIpc) is 2.27. The third-order valence-corrected chi connectivity index (χ3v) is 4.60. The number of nitrogens with two attached hydrogens (primary N) is 1. The Morgan fingerprint density at radius 2 is 1.79 bits per heavy atom. The highest BCUT2D eigenvalue weighted by atomic mass is 15.1. The second-order valence-corrected chi connectivity index (χ2v) is 6.30. The smallest absolute Gasteiger partial charge is 0.0472 e. The molecular weight excluding hydrogens is 232 g/mol. The molecule has 19 heavy (non-hydrogen) atoms. The van der Waals surface area contributed by atoms with Gasteiger partial charge < -0.3 is 5.73 Å². The molecule has 1 atom stereocenters. The predicted molar refractivity (Wildman–Crippen MR) is 82.4 cm³/mol. The number of aryl methyl sites for hydroxylation is 3. The largest absolute Gasteiger partial charge is 0.329 e. The van der Waals surface area contributed by atoms with E-state index in [1.165, 1.54) is 48.1 Å². The highest BCUT2D eigenvalue weighted by Gasteiger charge is 2.25. The van der Waals surface area contributed by atoms with Crippen LogP contribution in [0, 0.1) is 26.7 Å². The first-order valence-corrected chi connectivity index (χ1v) is 7.51. The van der Waals surface area contributed by atoms with Gasteiger partial charge in [0.15, 0.2) is 0 Å². The molecule has 1 aliphatic carbocycles. The highest BCUT2D eigenvalue weighted by molar-refractivity contribution is 5.39. The Balaban J connectivity index is 2.20. The van der Waals surface area contributed by atoms with Crippen LogP contribution in [-0.4, -0.2) is 25.0 Å². The number of nitrogens with zero attached hydrogens (tertiary/aromatic N) is 1. The van der Waals surface area contributed by atoms with Crippen LogP contribution >= 0.6 is 0 Å². The molecule has 0 amide bonds. The molecule has 0 spiro atoms. The van der Waals surface area contributed by atoms with E-state index in [0.717, 1.165) is 5.92 Å². The van der Waals surface area contributed by atoms with E-state index in [9.17, 15) is 0 Å². The zero-order valence-electron chi connectivity index (χ0n) is 12.9. The Bertz CT molecular complexity index is 412. The molecule has 0 radical (unpaired) electrons. The van der Waals surface area contributed by atoms with Crippen LogP contribution in [0.3, 0.4) is 0 Å². The van der Waals surface area contributed by atoms with Gasteiger partial charge in [-0.1, -0.05) is 24.1 Å². The van der Waals surface area contributed by atoms with Crippen molar-refractivity contribution in [2.75, 3.05) is 20.1 Å². The second kappa shape index (κ2) is 6.06. The fraction of sp³-hybridized carbons (Fsp3) is 0.647. The van der Waals surface area contributed by atoms with Crippen molar-refractivity contribution in [2.24, 2.45) is 11.7 Å². The van der Waals surface area contributed by atoms with Crippen LogP contribution in [-0.2, 0) is 0 Å². The second-order valence-electron chi connectivity index (χ2n) is 6.30. The van der Waals surface area contributed by atoms with Crippen LogP contribution in [0.5, 0.6) is 0 Å². The monoisotopic (exact) mass is 260 g/mol. The summed E-state index contributed by atoms with van der Waals surface area (Å²) in [5.41, 5.74) is 11.6. The predicted octanol–water partition coefficient (Wildman–Crippen LogP) is 3.34. The molecule has 1 saturated carbocycles. The van der Waals surface area contributed by atoms with Crippen molar-refractivity contribution in [2.45, 2.75) is 46.1 Å². The molecule has 1 aromatic carbocycles. The van der Waals surface area contributed by atoms with Gasteiger partial charge in [-0.05, 0) is 63.3 Å². The van der Waals surface area contributed by atoms with E-state index in [0.29, 0.717) is 12.6 Å². The van der Waals surface area contributed by atoms with Gasteiger partial charge in [-0.3, -0.25) is 4.90 Å². The van der Waals surface area contributed by atoms with Gasteiger partial charge in [0.2, 0.25) is 0 Å². The molecule has 106 valence electrons. The summed E-state index contributed by atoms with van der Waals surface area (Å²) in [4.78, 5) is 2.47. The Kier molecular flexibility index (Phi) is 4.64.